The van der Waals surface area contributed by atoms with Crippen molar-refractivity contribution < 1.29 is 28.7 Å². The average molecular weight is 700 g/mol. The van der Waals surface area contributed by atoms with E-state index in [4.69, 9.17) is 9.47 Å². The molecule has 0 aliphatic heterocycles. The molecule has 0 aliphatic rings. The lowest BCUT2D eigenvalue weighted by molar-refractivity contribution is -0.120. The van der Waals surface area contributed by atoms with Crippen molar-refractivity contribution in [2.75, 3.05) is 38.1 Å². The smallest absolute Gasteiger partial charge is 0.253 e. The molecule has 0 radical (unpaired) electrons. The number of rotatable bonds is 14. The van der Waals surface area contributed by atoms with E-state index in [1.807, 2.05) is 60.7 Å². The second-order valence-electron chi connectivity index (χ2n) is 12.1. The van der Waals surface area contributed by atoms with E-state index in [-0.39, 0.29) is 35.8 Å². The summed E-state index contributed by atoms with van der Waals surface area (Å²) in [7, 11) is 6.40. The molecule has 0 unspecified atom stereocenters. The molecule has 266 valence electrons. The fourth-order valence-corrected chi connectivity index (χ4v) is 5.60. The lowest BCUT2D eigenvalue weighted by Gasteiger charge is -2.25. The number of benzene rings is 4. The summed E-state index contributed by atoms with van der Waals surface area (Å²) in [5.74, 6) is -0.559. The van der Waals surface area contributed by atoms with E-state index in [9.17, 15) is 19.2 Å². The van der Waals surface area contributed by atoms with Crippen LogP contribution in [-0.4, -0.2) is 69.0 Å². The van der Waals surface area contributed by atoms with Crippen molar-refractivity contribution in [2.45, 2.75) is 24.9 Å². The number of carbonyl (C=O) groups excluding carboxylic acids is 4. The summed E-state index contributed by atoms with van der Waals surface area (Å²) in [5.41, 5.74) is 3.10. The predicted octanol–water partition coefficient (Wildman–Crippen LogP) is 5.11. The number of ether oxygens (including phenoxy) is 2. The van der Waals surface area contributed by atoms with Crippen molar-refractivity contribution >= 4 is 35.0 Å². The minimum absolute atomic E-state index is 0.0758. The van der Waals surface area contributed by atoms with Crippen LogP contribution in [-0.2, 0) is 22.4 Å². The first-order valence-electron chi connectivity index (χ1n) is 16.6. The number of anilines is 2. The lowest BCUT2D eigenvalue weighted by atomic mass is 10.0. The minimum atomic E-state index is -0.944. The van der Waals surface area contributed by atoms with Crippen molar-refractivity contribution in [1.82, 2.24) is 15.6 Å². The second kappa shape index (κ2) is 17.4. The number of amides is 4. The minimum Gasteiger partial charge on any atom is -0.497 e. The summed E-state index contributed by atoms with van der Waals surface area (Å²) >= 11 is 0. The number of pyridine rings is 1. The summed E-state index contributed by atoms with van der Waals surface area (Å²) in [5, 5.41) is 5.72. The summed E-state index contributed by atoms with van der Waals surface area (Å²) in [6, 6.07) is 32.3. The highest BCUT2D eigenvalue weighted by molar-refractivity contribution is 6.05. The van der Waals surface area contributed by atoms with Gasteiger partial charge in [-0.1, -0.05) is 60.7 Å². The molecule has 0 saturated heterocycles. The maximum absolute atomic E-state index is 13.8. The van der Waals surface area contributed by atoms with Gasteiger partial charge in [-0.15, -0.1) is 0 Å². The molecule has 5 aromatic rings. The number of nitrogens with one attached hydrogen (secondary N) is 2. The van der Waals surface area contributed by atoms with E-state index in [0.29, 0.717) is 22.9 Å². The number of methoxy groups -OCH3 is 2. The molecule has 5 rings (SSSR count). The third-order valence-corrected chi connectivity index (χ3v) is 8.62. The van der Waals surface area contributed by atoms with E-state index in [1.54, 1.807) is 76.8 Å². The van der Waals surface area contributed by atoms with Gasteiger partial charge in [0.15, 0.2) is 0 Å². The first-order valence-corrected chi connectivity index (χ1v) is 16.6. The number of carbonyl (C=O) groups is 4. The molecule has 2 N–H and O–H groups in total. The molecule has 1 aromatic heterocycles. The van der Waals surface area contributed by atoms with Crippen LogP contribution < -0.4 is 29.9 Å². The maximum Gasteiger partial charge on any atom is 0.253 e. The van der Waals surface area contributed by atoms with Crippen LogP contribution >= 0.6 is 0 Å². The second-order valence-corrected chi connectivity index (χ2v) is 12.1. The number of likely N-dealkylation sites (N-methyl/N-ethyl adjacent to an activating group) is 2. The summed E-state index contributed by atoms with van der Waals surface area (Å²) < 4.78 is 10.5. The highest BCUT2D eigenvalue weighted by Gasteiger charge is 2.28. The molecule has 11 heteroatoms. The monoisotopic (exact) mass is 699 g/mol. The Morgan fingerprint density at radius 3 is 1.29 bits per heavy atom. The fourth-order valence-electron chi connectivity index (χ4n) is 5.60. The fraction of sp³-hybridized carbons (Fsp3) is 0.195. The molecule has 11 nitrogen and oxygen atoms in total. The van der Waals surface area contributed by atoms with Gasteiger partial charge in [0, 0.05) is 50.7 Å². The first kappa shape index (κ1) is 36.8. The molecule has 1 heterocycles. The van der Waals surface area contributed by atoms with Crippen LogP contribution in [0.1, 0.15) is 31.8 Å². The van der Waals surface area contributed by atoms with Gasteiger partial charge in [0.1, 0.15) is 23.6 Å². The van der Waals surface area contributed by atoms with Crippen LogP contribution in [0.25, 0.3) is 0 Å². The van der Waals surface area contributed by atoms with Crippen molar-refractivity contribution in [3.63, 3.8) is 0 Å². The van der Waals surface area contributed by atoms with Crippen LogP contribution in [0.2, 0.25) is 0 Å². The summed E-state index contributed by atoms with van der Waals surface area (Å²) in [6.45, 7) is 0. The number of hydrogen-bond donors (Lipinski definition) is 2. The number of aromatic nitrogens is 1. The standard InChI is InChI=1S/C41H41N5O6/c1-45(32-15-19-34(51-3)20-16-32)40(49)36(23-28-11-7-5-8-12-28)43-38(47)30-25-31(27-42-26-30)39(48)44-37(24-29-13-9-6-10-14-29)41(50)46(2)33-17-21-35(52-4)22-18-33/h5-22,25-27,36-37H,23-24H2,1-4H3,(H,43,47)(H,44,48)/t36-,37-/m0/s1. The molecule has 0 aliphatic carbocycles. The van der Waals surface area contributed by atoms with Crippen molar-refractivity contribution in [3.05, 3.63) is 150 Å². The Balaban J connectivity index is 1.35. The Morgan fingerprint density at radius 2 is 0.942 bits per heavy atom. The SMILES string of the molecule is COc1ccc(N(C)C(=O)[C@H](Cc2ccccc2)NC(=O)c2cncc(C(=O)N[C@@H](Cc3ccccc3)C(=O)N(C)c3ccc(OC)cc3)c2)cc1. The molecule has 0 saturated carbocycles. The molecular weight excluding hydrogens is 658 g/mol. The summed E-state index contributed by atoms with van der Waals surface area (Å²) in [6.07, 6.45) is 3.11. The molecule has 4 aromatic carbocycles. The van der Waals surface area contributed by atoms with Crippen molar-refractivity contribution in [1.29, 1.82) is 0 Å². The zero-order chi connectivity index (χ0) is 37.0. The molecule has 2 atom stereocenters. The van der Waals surface area contributed by atoms with E-state index in [0.717, 1.165) is 11.1 Å². The predicted molar refractivity (Wildman–Crippen MR) is 200 cm³/mol. The average Bonchev–Trinajstić information content (AvgIpc) is 3.20. The quantitative estimate of drug-likeness (QED) is 0.165. The Morgan fingerprint density at radius 1 is 0.577 bits per heavy atom. The van der Waals surface area contributed by atoms with E-state index in [1.165, 1.54) is 28.3 Å². The van der Waals surface area contributed by atoms with Gasteiger partial charge < -0.3 is 29.9 Å². The Hall–Kier alpha value is -6.49. The molecule has 52 heavy (non-hydrogen) atoms. The molecule has 0 fully saturated rings. The van der Waals surface area contributed by atoms with Crippen LogP contribution in [0.5, 0.6) is 11.5 Å². The zero-order valence-electron chi connectivity index (χ0n) is 29.5. The topological polar surface area (TPSA) is 130 Å². The molecule has 0 spiro atoms. The number of hydrogen-bond acceptors (Lipinski definition) is 7. The third-order valence-electron chi connectivity index (χ3n) is 8.62. The van der Waals surface area contributed by atoms with Crippen molar-refractivity contribution in [2.24, 2.45) is 0 Å². The van der Waals surface area contributed by atoms with Gasteiger partial charge in [0.2, 0.25) is 11.8 Å². The van der Waals surface area contributed by atoms with Gasteiger partial charge in [-0.3, -0.25) is 24.2 Å². The van der Waals surface area contributed by atoms with Gasteiger partial charge in [-0.05, 0) is 65.7 Å². The Labute approximate surface area is 303 Å². The van der Waals surface area contributed by atoms with E-state index in [2.05, 4.69) is 15.6 Å². The zero-order valence-corrected chi connectivity index (χ0v) is 29.5. The Bertz CT molecular complexity index is 1830. The third kappa shape index (κ3) is 9.39. The van der Waals surface area contributed by atoms with E-state index < -0.39 is 23.9 Å². The largest absolute Gasteiger partial charge is 0.497 e. The molecular formula is C41H41N5O6. The van der Waals surface area contributed by atoms with Gasteiger partial charge in [0.25, 0.3) is 11.8 Å². The van der Waals surface area contributed by atoms with Crippen LogP contribution in [0.15, 0.2) is 128 Å². The summed E-state index contributed by atoms with van der Waals surface area (Å²) in [4.78, 5) is 62.1. The van der Waals surface area contributed by atoms with Crippen LogP contribution in [0, 0.1) is 0 Å². The van der Waals surface area contributed by atoms with Crippen LogP contribution in [0.3, 0.4) is 0 Å². The van der Waals surface area contributed by atoms with Gasteiger partial charge in [-0.2, -0.15) is 0 Å². The molecule has 4 amide bonds. The van der Waals surface area contributed by atoms with Crippen LogP contribution in [0.4, 0.5) is 11.4 Å². The Kier molecular flexibility index (Phi) is 12.3. The highest BCUT2D eigenvalue weighted by Crippen LogP contribution is 2.21. The molecule has 0 bridgehead atoms. The first-order chi connectivity index (χ1) is 25.2. The van der Waals surface area contributed by atoms with Crippen molar-refractivity contribution in [3.8, 4) is 11.5 Å². The van der Waals surface area contributed by atoms with Gasteiger partial charge in [-0.25, -0.2) is 0 Å². The highest BCUT2D eigenvalue weighted by atomic mass is 16.5. The lowest BCUT2D eigenvalue weighted by Crippen LogP contribution is -2.49. The van der Waals surface area contributed by atoms with Gasteiger partial charge in [0.05, 0.1) is 25.3 Å². The number of nitrogens with zero attached hydrogens (tertiary/aromatic N) is 3. The van der Waals surface area contributed by atoms with Gasteiger partial charge >= 0.3 is 0 Å². The maximum atomic E-state index is 13.8. The normalized spacial score (nSPS) is 11.8. The van der Waals surface area contributed by atoms with E-state index >= 15 is 0 Å².